The first-order valence-corrected chi connectivity index (χ1v) is 6.87. The molecule has 2 nitrogen and oxygen atoms in total. The van der Waals surface area contributed by atoms with Crippen molar-refractivity contribution in [2.24, 2.45) is 0 Å². The molecule has 0 saturated heterocycles. The standard InChI is InChI=1S/C16H23NO/c1-4-7-17-11-14(6-5-8-18)16-13(3)9-12(2)10-15(16)17/h9-11,18H,4-8H2,1-3H3. The van der Waals surface area contributed by atoms with Crippen LogP contribution in [0.15, 0.2) is 18.3 Å². The van der Waals surface area contributed by atoms with Crippen LogP contribution in [0.2, 0.25) is 0 Å². The summed E-state index contributed by atoms with van der Waals surface area (Å²) < 4.78 is 2.36. The molecule has 0 fully saturated rings. The highest BCUT2D eigenvalue weighted by molar-refractivity contribution is 5.88. The summed E-state index contributed by atoms with van der Waals surface area (Å²) in [6.07, 6.45) is 5.23. The Bertz CT molecular complexity index is 540. The van der Waals surface area contributed by atoms with Crippen LogP contribution in [0, 0.1) is 13.8 Å². The average Bonchev–Trinajstić information content (AvgIpc) is 2.65. The molecule has 1 aromatic carbocycles. The lowest BCUT2D eigenvalue weighted by Crippen LogP contribution is -1.94. The van der Waals surface area contributed by atoms with Gasteiger partial charge in [-0.05, 0) is 55.9 Å². The number of aryl methyl sites for hydroxylation is 4. The van der Waals surface area contributed by atoms with Crippen LogP contribution in [0.1, 0.15) is 36.5 Å². The van der Waals surface area contributed by atoms with Gasteiger partial charge in [0.05, 0.1) is 0 Å². The molecule has 0 aliphatic carbocycles. The van der Waals surface area contributed by atoms with Crippen LogP contribution in [0.25, 0.3) is 10.9 Å². The fraction of sp³-hybridized carbons (Fsp3) is 0.500. The van der Waals surface area contributed by atoms with Gasteiger partial charge in [0.15, 0.2) is 0 Å². The third-order valence-electron chi connectivity index (χ3n) is 3.47. The quantitative estimate of drug-likeness (QED) is 0.855. The van der Waals surface area contributed by atoms with Crippen molar-refractivity contribution in [1.29, 1.82) is 0 Å². The van der Waals surface area contributed by atoms with Crippen molar-refractivity contribution in [3.8, 4) is 0 Å². The van der Waals surface area contributed by atoms with Crippen molar-refractivity contribution in [2.45, 2.75) is 46.6 Å². The van der Waals surface area contributed by atoms with Gasteiger partial charge in [-0.2, -0.15) is 0 Å². The van der Waals surface area contributed by atoms with Crippen LogP contribution in [0.4, 0.5) is 0 Å². The smallest absolute Gasteiger partial charge is 0.0488 e. The lowest BCUT2D eigenvalue weighted by Gasteiger charge is -2.05. The Morgan fingerprint density at radius 1 is 1.22 bits per heavy atom. The normalized spacial score (nSPS) is 11.3. The highest BCUT2D eigenvalue weighted by Crippen LogP contribution is 2.27. The van der Waals surface area contributed by atoms with Crippen LogP contribution in [-0.4, -0.2) is 16.3 Å². The fourth-order valence-corrected chi connectivity index (χ4v) is 2.80. The van der Waals surface area contributed by atoms with Crippen molar-refractivity contribution >= 4 is 10.9 Å². The van der Waals surface area contributed by atoms with Gasteiger partial charge in [-0.25, -0.2) is 0 Å². The SMILES string of the molecule is CCCn1cc(CCCO)c2c(C)cc(C)cc21. The van der Waals surface area contributed by atoms with Gasteiger partial charge in [-0.3, -0.25) is 0 Å². The van der Waals surface area contributed by atoms with E-state index in [2.05, 4.69) is 43.7 Å². The van der Waals surface area contributed by atoms with Crippen LogP contribution in [-0.2, 0) is 13.0 Å². The molecule has 0 aliphatic heterocycles. The number of hydrogen-bond acceptors (Lipinski definition) is 1. The Morgan fingerprint density at radius 2 is 2.00 bits per heavy atom. The number of aliphatic hydroxyl groups excluding tert-OH is 1. The predicted octanol–water partition coefficient (Wildman–Crippen LogP) is 3.59. The fourth-order valence-electron chi connectivity index (χ4n) is 2.80. The van der Waals surface area contributed by atoms with E-state index in [1.807, 2.05) is 0 Å². The molecule has 98 valence electrons. The molecule has 0 bridgehead atoms. The first-order valence-electron chi connectivity index (χ1n) is 6.87. The highest BCUT2D eigenvalue weighted by Gasteiger charge is 2.10. The minimum absolute atomic E-state index is 0.269. The van der Waals surface area contributed by atoms with Crippen molar-refractivity contribution in [2.75, 3.05) is 6.61 Å². The molecule has 1 N–H and O–H groups in total. The zero-order valence-corrected chi connectivity index (χ0v) is 11.7. The summed E-state index contributed by atoms with van der Waals surface area (Å²) in [5.41, 5.74) is 5.41. The van der Waals surface area contributed by atoms with E-state index in [-0.39, 0.29) is 6.61 Å². The second kappa shape index (κ2) is 5.57. The number of rotatable bonds is 5. The molecule has 0 radical (unpaired) electrons. The van der Waals surface area contributed by atoms with Crippen molar-refractivity contribution in [3.05, 3.63) is 35.0 Å². The number of nitrogens with zero attached hydrogens (tertiary/aromatic N) is 1. The topological polar surface area (TPSA) is 25.2 Å². The molecule has 2 heteroatoms. The van der Waals surface area contributed by atoms with Gasteiger partial charge < -0.3 is 9.67 Å². The van der Waals surface area contributed by atoms with E-state index in [4.69, 9.17) is 5.11 Å². The average molecular weight is 245 g/mol. The number of hydrogen-bond donors (Lipinski definition) is 1. The first kappa shape index (κ1) is 13.2. The van der Waals surface area contributed by atoms with Crippen LogP contribution in [0.3, 0.4) is 0 Å². The monoisotopic (exact) mass is 245 g/mol. The Balaban J connectivity index is 2.56. The van der Waals surface area contributed by atoms with Gasteiger partial charge in [0, 0.05) is 30.3 Å². The Morgan fingerprint density at radius 3 is 2.67 bits per heavy atom. The summed E-state index contributed by atoms with van der Waals surface area (Å²) in [6.45, 7) is 7.89. The molecule has 0 amide bonds. The maximum absolute atomic E-state index is 9.02. The maximum atomic E-state index is 9.02. The third-order valence-corrected chi connectivity index (χ3v) is 3.47. The zero-order chi connectivity index (χ0) is 13.1. The molecule has 0 saturated carbocycles. The number of aromatic nitrogens is 1. The number of benzene rings is 1. The molecule has 2 rings (SSSR count). The molecule has 18 heavy (non-hydrogen) atoms. The molecule has 0 atom stereocenters. The van der Waals surface area contributed by atoms with E-state index in [0.29, 0.717) is 0 Å². The molecular formula is C16H23NO. The van der Waals surface area contributed by atoms with E-state index in [0.717, 1.165) is 25.8 Å². The van der Waals surface area contributed by atoms with Crippen LogP contribution < -0.4 is 0 Å². The summed E-state index contributed by atoms with van der Waals surface area (Å²) in [5.74, 6) is 0. The summed E-state index contributed by atoms with van der Waals surface area (Å²) in [6, 6.07) is 4.53. The number of fused-ring (bicyclic) bond motifs is 1. The summed E-state index contributed by atoms with van der Waals surface area (Å²) >= 11 is 0. The Kier molecular flexibility index (Phi) is 4.07. The zero-order valence-electron chi connectivity index (χ0n) is 11.7. The van der Waals surface area contributed by atoms with Crippen LogP contribution >= 0.6 is 0 Å². The van der Waals surface area contributed by atoms with E-state index < -0.39 is 0 Å². The van der Waals surface area contributed by atoms with Gasteiger partial charge in [0.1, 0.15) is 0 Å². The van der Waals surface area contributed by atoms with Crippen molar-refractivity contribution in [1.82, 2.24) is 4.57 Å². The minimum Gasteiger partial charge on any atom is -0.396 e. The molecule has 0 aliphatic rings. The maximum Gasteiger partial charge on any atom is 0.0488 e. The highest BCUT2D eigenvalue weighted by atomic mass is 16.2. The summed E-state index contributed by atoms with van der Waals surface area (Å²) in [7, 11) is 0. The van der Waals surface area contributed by atoms with Crippen molar-refractivity contribution in [3.63, 3.8) is 0 Å². The second-order valence-corrected chi connectivity index (χ2v) is 5.15. The van der Waals surface area contributed by atoms with Crippen molar-refractivity contribution < 1.29 is 5.11 Å². The Labute approximate surface area is 109 Å². The van der Waals surface area contributed by atoms with E-state index in [9.17, 15) is 0 Å². The van der Waals surface area contributed by atoms with E-state index >= 15 is 0 Å². The largest absolute Gasteiger partial charge is 0.396 e. The summed E-state index contributed by atoms with van der Waals surface area (Å²) in [5, 5.41) is 10.4. The predicted molar refractivity (Wildman–Crippen MR) is 77.1 cm³/mol. The second-order valence-electron chi connectivity index (χ2n) is 5.15. The van der Waals surface area contributed by atoms with Gasteiger partial charge >= 0.3 is 0 Å². The molecule has 0 unspecified atom stereocenters. The minimum atomic E-state index is 0.269. The Hall–Kier alpha value is -1.28. The lowest BCUT2D eigenvalue weighted by molar-refractivity contribution is 0.288. The van der Waals surface area contributed by atoms with E-state index in [1.165, 1.54) is 27.6 Å². The van der Waals surface area contributed by atoms with Crippen LogP contribution in [0.5, 0.6) is 0 Å². The first-order chi connectivity index (χ1) is 8.67. The molecule has 2 aromatic rings. The van der Waals surface area contributed by atoms with E-state index in [1.54, 1.807) is 0 Å². The van der Waals surface area contributed by atoms with Gasteiger partial charge in [-0.15, -0.1) is 0 Å². The lowest BCUT2D eigenvalue weighted by atomic mass is 10.0. The molecule has 1 heterocycles. The third kappa shape index (κ3) is 2.44. The molecular weight excluding hydrogens is 222 g/mol. The number of aliphatic hydroxyl groups is 1. The molecule has 1 aromatic heterocycles. The van der Waals surface area contributed by atoms with Gasteiger partial charge in [-0.1, -0.05) is 13.0 Å². The molecule has 0 spiro atoms. The van der Waals surface area contributed by atoms with Gasteiger partial charge in [0.25, 0.3) is 0 Å². The summed E-state index contributed by atoms with van der Waals surface area (Å²) in [4.78, 5) is 0. The van der Waals surface area contributed by atoms with Gasteiger partial charge in [0.2, 0.25) is 0 Å².